The van der Waals surface area contributed by atoms with Gasteiger partial charge in [-0.1, -0.05) is 11.6 Å². The van der Waals surface area contributed by atoms with Crippen LogP contribution in [0.15, 0.2) is 34.9 Å². The van der Waals surface area contributed by atoms with E-state index < -0.39 is 0 Å². The van der Waals surface area contributed by atoms with Crippen molar-refractivity contribution in [2.45, 2.75) is 6.42 Å². The largest absolute Gasteiger partial charge is 0.384 e. The molecule has 1 aromatic carbocycles. The molecule has 0 aliphatic carbocycles. The van der Waals surface area contributed by atoms with Gasteiger partial charge in [0.1, 0.15) is 0 Å². The van der Waals surface area contributed by atoms with Crippen LogP contribution in [0.25, 0.3) is 0 Å². The molecule has 0 spiro atoms. The van der Waals surface area contributed by atoms with Crippen molar-refractivity contribution in [1.82, 2.24) is 9.78 Å². The summed E-state index contributed by atoms with van der Waals surface area (Å²) in [5.74, 6) is 0. The first-order valence-electron chi connectivity index (χ1n) is 5.32. The van der Waals surface area contributed by atoms with E-state index in [4.69, 9.17) is 11.6 Å². The summed E-state index contributed by atoms with van der Waals surface area (Å²) in [4.78, 5) is 0. The number of hydrogen-bond donors (Lipinski definition) is 1. The van der Waals surface area contributed by atoms with Crippen LogP contribution >= 0.6 is 27.5 Å². The second-order valence-corrected chi connectivity index (χ2v) is 5.04. The van der Waals surface area contributed by atoms with E-state index >= 15 is 0 Å². The number of benzene rings is 1. The van der Waals surface area contributed by atoms with Crippen molar-refractivity contribution in [2.75, 3.05) is 11.9 Å². The lowest BCUT2D eigenvalue weighted by Crippen LogP contribution is -2.08. The molecule has 0 unspecified atom stereocenters. The first-order chi connectivity index (χ1) is 8.16. The van der Waals surface area contributed by atoms with Crippen LogP contribution < -0.4 is 5.32 Å². The molecular weight excluding hydrogens is 302 g/mol. The molecule has 2 rings (SSSR count). The highest BCUT2D eigenvalue weighted by Gasteiger charge is 2.01. The van der Waals surface area contributed by atoms with E-state index in [0.717, 1.165) is 28.1 Å². The van der Waals surface area contributed by atoms with Crippen molar-refractivity contribution in [2.24, 2.45) is 7.05 Å². The van der Waals surface area contributed by atoms with Crippen LogP contribution in [0, 0.1) is 0 Å². The second kappa shape index (κ2) is 5.56. The van der Waals surface area contributed by atoms with Gasteiger partial charge >= 0.3 is 0 Å². The van der Waals surface area contributed by atoms with Crippen LogP contribution in [0.1, 0.15) is 5.69 Å². The molecule has 3 nitrogen and oxygen atoms in total. The van der Waals surface area contributed by atoms with Crippen molar-refractivity contribution >= 4 is 33.2 Å². The van der Waals surface area contributed by atoms with Crippen LogP contribution in [-0.2, 0) is 13.5 Å². The SMILES string of the molecule is Cn1nccc1CCNc1ccc(Cl)cc1Br. The van der Waals surface area contributed by atoms with Gasteiger partial charge in [-0.2, -0.15) is 5.10 Å². The highest BCUT2D eigenvalue weighted by Crippen LogP contribution is 2.25. The Kier molecular flexibility index (Phi) is 4.07. The van der Waals surface area contributed by atoms with Gasteiger partial charge in [-0.05, 0) is 40.2 Å². The Morgan fingerprint density at radius 1 is 1.41 bits per heavy atom. The smallest absolute Gasteiger partial charge is 0.0492 e. The molecule has 1 aromatic heterocycles. The van der Waals surface area contributed by atoms with Crippen LogP contribution in [0.4, 0.5) is 5.69 Å². The van der Waals surface area contributed by atoms with Gasteiger partial charge in [0, 0.05) is 47.1 Å². The Morgan fingerprint density at radius 2 is 2.24 bits per heavy atom. The van der Waals surface area contributed by atoms with Gasteiger partial charge in [0.05, 0.1) is 0 Å². The Bertz CT molecular complexity index is 510. The van der Waals surface area contributed by atoms with Gasteiger partial charge in [-0.25, -0.2) is 0 Å². The highest BCUT2D eigenvalue weighted by atomic mass is 79.9. The Balaban J connectivity index is 1.92. The molecule has 0 radical (unpaired) electrons. The molecule has 0 bridgehead atoms. The van der Waals surface area contributed by atoms with Gasteiger partial charge in [0.2, 0.25) is 0 Å². The van der Waals surface area contributed by atoms with E-state index in [-0.39, 0.29) is 0 Å². The molecule has 0 saturated carbocycles. The maximum atomic E-state index is 5.88. The van der Waals surface area contributed by atoms with Gasteiger partial charge in [-0.15, -0.1) is 0 Å². The molecule has 0 aliphatic rings. The Labute approximate surface area is 114 Å². The lowest BCUT2D eigenvalue weighted by molar-refractivity contribution is 0.711. The van der Waals surface area contributed by atoms with E-state index in [2.05, 4.69) is 26.3 Å². The summed E-state index contributed by atoms with van der Waals surface area (Å²) in [6, 6.07) is 7.75. The maximum absolute atomic E-state index is 5.88. The molecule has 0 atom stereocenters. The van der Waals surface area contributed by atoms with Gasteiger partial charge in [0.25, 0.3) is 0 Å². The van der Waals surface area contributed by atoms with Crippen molar-refractivity contribution < 1.29 is 0 Å². The first-order valence-corrected chi connectivity index (χ1v) is 6.50. The normalized spacial score (nSPS) is 10.5. The summed E-state index contributed by atoms with van der Waals surface area (Å²) in [5.41, 5.74) is 2.26. The van der Waals surface area contributed by atoms with Crippen LogP contribution in [0.3, 0.4) is 0 Å². The standard InChI is InChI=1S/C12H13BrClN3/c1-17-10(5-7-16-17)4-6-15-12-3-2-9(14)8-11(12)13/h2-3,5,7-8,15H,4,6H2,1H3. The average molecular weight is 315 g/mol. The fourth-order valence-corrected chi connectivity index (χ4v) is 2.43. The number of aromatic nitrogens is 2. The number of halogens is 2. The lowest BCUT2D eigenvalue weighted by atomic mass is 10.3. The predicted octanol–water partition coefficient (Wildman–Crippen LogP) is 3.49. The second-order valence-electron chi connectivity index (χ2n) is 3.75. The monoisotopic (exact) mass is 313 g/mol. The van der Waals surface area contributed by atoms with Crippen molar-refractivity contribution in [3.8, 4) is 0 Å². The Morgan fingerprint density at radius 3 is 2.88 bits per heavy atom. The summed E-state index contributed by atoms with van der Waals surface area (Å²) < 4.78 is 2.87. The summed E-state index contributed by atoms with van der Waals surface area (Å²) >= 11 is 9.36. The Hall–Kier alpha value is -1.000. The lowest BCUT2D eigenvalue weighted by Gasteiger charge is -2.08. The van der Waals surface area contributed by atoms with E-state index in [1.807, 2.05) is 42.2 Å². The third-order valence-electron chi connectivity index (χ3n) is 2.55. The van der Waals surface area contributed by atoms with E-state index in [0.29, 0.717) is 0 Å². The molecule has 1 N–H and O–H groups in total. The number of hydrogen-bond acceptors (Lipinski definition) is 2. The van der Waals surface area contributed by atoms with Crippen molar-refractivity contribution in [1.29, 1.82) is 0 Å². The fourth-order valence-electron chi connectivity index (χ4n) is 1.60. The van der Waals surface area contributed by atoms with E-state index in [1.54, 1.807) is 0 Å². The van der Waals surface area contributed by atoms with Gasteiger partial charge in [-0.3, -0.25) is 4.68 Å². The predicted molar refractivity (Wildman–Crippen MR) is 74.6 cm³/mol. The zero-order valence-electron chi connectivity index (χ0n) is 9.45. The van der Waals surface area contributed by atoms with Crippen molar-refractivity contribution in [3.63, 3.8) is 0 Å². The first kappa shape index (κ1) is 12.5. The van der Waals surface area contributed by atoms with Gasteiger partial charge < -0.3 is 5.32 Å². The molecular formula is C12H13BrClN3. The summed E-state index contributed by atoms with van der Waals surface area (Å²) in [7, 11) is 1.95. The molecule has 0 aliphatic heterocycles. The molecule has 0 amide bonds. The zero-order valence-corrected chi connectivity index (χ0v) is 11.8. The highest BCUT2D eigenvalue weighted by molar-refractivity contribution is 9.10. The third kappa shape index (κ3) is 3.23. The molecule has 2 aromatic rings. The molecule has 1 heterocycles. The zero-order chi connectivity index (χ0) is 12.3. The summed E-state index contributed by atoms with van der Waals surface area (Å²) in [5, 5.41) is 8.22. The van der Waals surface area contributed by atoms with Gasteiger partial charge in [0.15, 0.2) is 0 Å². The minimum Gasteiger partial charge on any atom is -0.384 e. The van der Waals surface area contributed by atoms with Crippen LogP contribution in [-0.4, -0.2) is 16.3 Å². The number of rotatable bonds is 4. The summed E-state index contributed by atoms with van der Waals surface area (Å²) in [6.07, 6.45) is 2.75. The maximum Gasteiger partial charge on any atom is 0.0492 e. The van der Waals surface area contributed by atoms with Crippen LogP contribution in [0.2, 0.25) is 5.02 Å². The number of anilines is 1. The quantitative estimate of drug-likeness (QED) is 0.936. The number of nitrogens with zero attached hydrogens (tertiary/aromatic N) is 2. The topological polar surface area (TPSA) is 29.9 Å². The van der Waals surface area contributed by atoms with Crippen LogP contribution in [0.5, 0.6) is 0 Å². The fraction of sp³-hybridized carbons (Fsp3) is 0.250. The summed E-state index contributed by atoms with van der Waals surface area (Å²) in [6.45, 7) is 0.861. The molecule has 0 saturated heterocycles. The molecule has 5 heteroatoms. The molecule has 0 fully saturated rings. The van der Waals surface area contributed by atoms with E-state index in [1.165, 1.54) is 5.69 Å². The molecule has 17 heavy (non-hydrogen) atoms. The van der Waals surface area contributed by atoms with E-state index in [9.17, 15) is 0 Å². The van der Waals surface area contributed by atoms with Crippen molar-refractivity contribution in [3.05, 3.63) is 45.7 Å². The third-order valence-corrected chi connectivity index (χ3v) is 3.44. The number of aryl methyl sites for hydroxylation is 1. The molecule has 90 valence electrons. The average Bonchev–Trinajstić information content (AvgIpc) is 2.68. The number of nitrogens with one attached hydrogen (secondary N) is 1. The minimum atomic E-state index is 0.731. The minimum absolute atomic E-state index is 0.731.